The molecule has 0 spiro atoms. The molecule has 3 aromatic rings. The highest BCUT2D eigenvalue weighted by atomic mass is 32.2. The summed E-state index contributed by atoms with van der Waals surface area (Å²) in [5.74, 6) is 0. The fourth-order valence-electron chi connectivity index (χ4n) is 4.34. The molecule has 2 fully saturated rings. The fraction of sp³-hybridized carbons (Fsp3) is 0.500. The zero-order chi connectivity index (χ0) is 20.7. The molecule has 1 aliphatic heterocycles. The normalized spacial score (nSPS) is 23.8. The van der Waals surface area contributed by atoms with Crippen molar-refractivity contribution in [2.45, 2.75) is 42.7 Å². The molecular weight excluding hydrogens is 406 g/mol. The third-order valence-corrected chi connectivity index (χ3v) is 7.97. The number of benzene rings is 1. The Labute approximate surface area is 174 Å². The molecule has 10 heteroatoms. The number of rotatable bonds is 4. The molecule has 0 radical (unpaired) electrons. The largest absolute Gasteiger partial charge is 0.393 e. The summed E-state index contributed by atoms with van der Waals surface area (Å²) >= 11 is 0. The highest BCUT2D eigenvalue weighted by molar-refractivity contribution is 7.89. The van der Waals surface area contributed by atoms with Crippen molar-refractivity contribution in [3.05, 3.63) is 30.5 Å². The lowest BCUT2D eigenvalue weighted by Crippen LogP contribution is -2.40. The zero-order valence-corrected chi connectivity index (χ0v) is 17.4. The van der Waals surface area contributed by atoms with Crippen molar-refractivity contribution in [3.63, 3.8) is 0 Å². The molecule has 0 unspecified atom stereocenters. The summed E-state index contributed by atoms with van der Waals surface area (Å²) in [5.41, 5.74) is 2.48. The SMILES string of the molecule is O=S(=O)(c1ccc(-c2nn(C3CCC(O)CC3)c3[nH]ncc23)cc1)N1CCOCC1. The Bertz CT molecular complexity index is 1120. The second-order valence-electron chi connectivity index (χ2n) is 7.93. The minimum absolute atomic E-state index is 0.214. The van der Waals surface area contributed by atoms with Crippen molar-refractivity contribution in [2.75, 3.05) is 26.3 Å². The summed E-state index contributed by atoms with van der Waals surface area (Å²) < 4.78 is 34.4. The maximum absolute atomic E-state index is 12.9. The molecule has 1 saturated heterocycles. The number of aliphatic hydroxyl groups excluding tert-OH is 1. The van der Waals surface area contributed by atoms with Gasteiger partial charge in [0.1, 0.15) is 5.69 Å². The van der Waals surface area contributed by atoms with Gasteiger partial charge in [-0.05, 0) is 37.8 Å². The number of fused-ring (bicyclic) bond motifs is 1. The first-order chi connectivity index (χ1) is 14.5. The molecule has 30 heavy (non-hydrogen) atoms. The number of ether oxygens (including phenoxy) is 1. The van der Waals surface area contributed by atoms with Crippen molar-refractivity contribution in [2.24, 2.45) is 0 Å². The summed E-state index contributed by atoms with van der Waals surface area (Å²) in [4.78, 5) is 0.275. The summed E-state index contributed by atoms with van der Waals surface area (Å²) in [6.07, 6.45) is 4.80. The van der Waals surface area contributed by atoms with Gasteiger partial charge >= 0.3 is 0 Å². The third kappa shape index (κ3) is 3.43. The zero-order valence-electron chi connectivity index (χ0n) is 16.6. The number of sulfonamides is 1. The van der Waals surface area contributed by atoms with Crippen LogP contribution in [0.15, 0.2) is 35.4 Å². The number of hydrogen-bond donors (Lipinski definition) is 2. The van der Waals surface area contributed by atoms with E-state index in [9.17, 15) is 13.5 Å². The number of aromatic nitrogens is 4. The highest BCUT2D eigenvalue weighted by Crippen LogP contribution is 2.34. The minimum atomic E-state index is -3.52. The lowest BCUT2D eigenvalue weighted by Gasteiger charge is -2.26. The molecule has 9 nitrogen and oxygen atoms in total. The molecule has 160 valence electrons. The maximum Gasteiger partial charge on any atom is 0.243 e. The van der Waals surface area contributed by atoms with Gasteiger partial charge in [0.05, 0.1) is 41.8 Å². The van der Waals surface area contributed by atoms with Gasteiger partial charge in [-0.1, -0.05) is 12.1 Å². The predicted molar refractivity (Wildman–Crippen MR) is 110 cm³/mol. The molecule has 1 aromatic carbocycles. The molecule has 2 aliphatic rings. The number of nitrogens with zero attached hydrogens (tertiary/aromatic N) is 4. The lowest BCUT2D eigenvalue weighted by molar-refractivity contribution is 0.0730. The van der Waals surface area contributed by atoms with Gasteiger partial charge < -0.3 is 9.84 Å². The van der Waals surface area contributed by atoms with Crippen LogP contribution in [0.5, 0.6) is 0 Å². The Morgan fingerprint density at radius 3 is 2.47 bits per heavy atom. The van der Waals surface area contributed by atoms with Gasteiger partial charge in [-0.15, -0.1) is 0 Å². The number of H-pyrrole nitrogens is 1. The quantitative estimate of drug-likeness (QED) is 0.653. The van der Waals surface area contributed by atoms with E-state index < -0.39 is 10.0 Å². The lowest BCUT2D eigenvalue weighted by atomic mass is 9.93. The van der Waals surface area contributed by atoms with Crippen LogP contribution in [0.25, 0.3) is 22.3 Å². The first-order valence-corrected chi connectivity index (χ1v) is 11.8. The molecule has 5 rings (SSSR count). The van der Waals surface area contributed by atoms with Crippen LogP contribution < -0.4 is 0 Å². The monoisotopic (exact) mass is 431 g/mol. The number of hydrogen-bond acceptors (Lipinski definition) is 6. The molecule has 1 saturated carbocycles. The first-order valence-electron chi connectivity index (χ1n) is 10.3. The number of aromatic amines is 1. The van der Waals surface area contributed by atoms with Crippen LogP contribution in [0.2, 0.25) is 0 Å². The molecule has 0 atom stereocenters. The van der Waals surface area contributed by atoms with Gasteiger partial charge in [-0.2, -0.15) is 14.5 Å². The summed E-state index contributed by atoms with van der Waals surface area (Å²) in [6, 6.07) is 7.10. The van der Waals surface area contributed by atoms with E-state index in [2.05, 4.69) is 10.2 Å². The topological polar surface area (TPSA) is 113 Å². The Kier molecular flexibility index (Phi) is 5.10. The van der Waals surface area contributed by atoms with Gasteiger partial charge in [0, 0.05) is 18.7 Å². The first kappa shape index (κ1) is 19.7. The number of morpholine rings is 1. The van der Waals surface area contributed by atoms with Crippen LogP contribution in [0.3, 0.4) is 0 Å². The van der Waals surface area contributed by atoms with Crippen LogP contribution in [0.1, 0.15) is 31.7 Å². The second-order valence-corrected chi connectivity index (χ2v) is 9.87. The fourth-order valence-corrected chi connectivity index (χ4v) is 5.75. The molecule has 1 aliphatic carbocycles. The molecule has 0 bridgehead atoms. The molecule has 0 amide bonds. The number of aliphatic hydroxyl groups is 1. The van der Waals surface area contributed by atoms with E-state index in [1.165, 1.54) is 4.31 Å². The Morgan fingerprint density at radius 1 is 1.07 bits per heavy atom. The van der Waals surface area contributed by atoms with Crippen LogP contribution >= 0.6 is 0 Å². The molecule has 2 aromatic heterocycles. The smallest absolute Gasteiger partial charge is 0.243 e. The molecule has 3 heterocycles. The Balaban J connectivity index is 1.45. The third-order valence-electron chi connectivity index (χ3n) is 6.06. The summed E-state index contributed by atoms with van der Waals surface area (Å²) in [7, 11) is -3.52. The molecular formula is C20H25N5O4S. The van der Waals surface area contributed by atoms with Crippen molar-refractivity contribution >= 4 is 21.1 Å². The Morgan fingerprint density at radius 2 is 1.77 bits per heavy atom. The predicted octanol–water partition coefficient (Wildman–Crippen LogP) is 1.92. The van der Waals surface area contributed by atoms with E-state index in [0.29, 0.717) is 26.3 Å². The van der Waals surface area contributed by atoms with E-state index in [4.69, 9.17) is 9.84 Å². The van der Waals surface area contributed by atoms with E-state index in [0.717, 1.165) is 48.0 Å². The highest BCUT2D eigenvalue weighted by Gasteiger charge is 2.27. The van der Waals surface area contributed by atoms with E-state index in [-0.39, 0.29) is 17.0 Å². The summed E-state index contributed by atoms with van der Waals surface area (Å²) in [6.45, 7) is 1.59. The Hall–Kier alpha value is -2.27. The van der Waals surface area contributed by atoms with Gasteiger partial charge in [0.25, 0.3) is 0 Å². The maximum atomic E-state index is 12.9. The van der Waals surface area contributed by atoms with Gasteiger partial charge in [0.15, 0.2) is 5.65 Å². The van der Waals surface area contributed by atoms with Crippen LogP contribution in [0.4, 0.5) is 0 Å². The van der Waals surface area contributed by atoms with Crippen LogP contribution in [-0.4, -0.2) is 70.2 Å². The van der Waals surface area contributed by atoms with Gasteiger partial charge in [-0.25, -0.2) is 13.1 Å². The number of nitrogens with one attached hydrogen (secondary N) is 1. The average molecular weight is 432 g/mol. The molecule has 2 N–H and O–H groups in total. The van der Waals surface area contributed by atoms with Crippen LogP contribution in [-0.2, 0) is 14.8 Å². The van der Waals surface area contributed by atoms with Crippen LogP contribution in [0, 0.1) is 0 Å². The van der Waals surface area contributed by atoms with E-state index in [1.54, 1.807) is 30.5 Å². The van der Waals surface area contributed by atoms with Crippen molar-refractivity contribution < 1.29 is 18.3 Å². The standard InChI is InChI=1S/C20H25N5O4S/c26-16-5-3-15(4-6-16)25-20-18(13-21-22-20)19(23-25)14-1-7-17(8-2-14)30(27,28)24-9-11-29-12-10-24/h1-2,7-8,13,15-16,26H,3-6,9-12H2,(H,21,22). The minimum Gasteiger partial charge on any atom is -0.393 e. The average Bonchev–Trinajstić information content (AvgIpc) is 3.38. The summed E-state index contributed by atoms with van der Waals surface area (Å²) in [5, 5.41) is 22.8. The van der Waals surface area contributed by atoms with Crippen molar-refractivity contribution in [1.82, 2.24) is 24.3 Å². The van der Waals surface area contributed by atoms with Gasteiger partial charge in [-0.3, -0.25) is 5.10 Å². The van der Waals surface area contributed by atoms with Gasteiger partial charge in [0.2, 0.25) is 10.0 Å². The van der Waals surface area contributed by atoms with E-state index >= 15 is 0 Å². The van der Waals surface area contributed by atoms with Crippen molar-refractivity contribution in [3.8, 4) is 11.3 Å². The van der Waals surface area contributed by atoms with Crippen molar-refractivity contribution in [1.29, 1.82) is 0 Å². The second kappa shape index (κ2) is 7.77. The van der Waals surface area contributed by atoms with E-state index in [1.807, 2.05) is 4.68 Å².